The highest BCUT2D eigenvalue weighted by Crippen LogP contribution is 2.36. The first kappa shape index (κ1) is 22.4. The average Bonchev–Trinajstić information content (AvgIpc) is 3.36. The highest BCUT2D eigenvalue weighted by Gasteiger charge is 2.19. The third-order valence-corrected chi connectivity index (χ3v) is 6.98. The maximum absolute atomic E-state index is 11.5. The van der Waals surface area contributed by atoms with Gasteiger partial charge in [-0.1, -0.05) is 17.7 Å². The molecule has 3 aromatic carbocycles. The lowest BCUT2D eigenvalue weighted by Gasteiger charge is -2.18. The number of imidazole rings is 1. The van der Waals surface area contributed by atoms with E-state index in [0.29, 0.717) is 17.6 Å². The Kier molecular flexibility index (Phi) is 5.58. The quantitative estimate of drug-likeness (QED) is 0.303. The maximum atomic E-state index is 11.5. The third kappa shape index (κ3) is 3.45. The molecule has 6 nitrogen and oxygen atoms in total. The van der Waals surface area contributed by atoms with Gasteiger partial charge in [-0.3, -0.25) is 0 Å². The van der Waals surface area contributed by atoms with E-state index in [1.165, 1.54) is 0 Å². The van der Waals surface area contributed by atoms with Crippen molar-refractivity contribution in [1.29, 1.82) is 0 Å². The van der Waals surface area contributed by atoms with Crippen LogP contribution < -0.4 is 0 Å². The molecule has 0 aliphatic carbocycles. The van der Waals surface area contributed by atoms with Crippen molar-refractivity contribution < 1.29 is 14.6 Å². The zero-order valence-electron chi connectivity index (χ0n) is 19.6. The Morgan fingerprint density at radius 1 is 1.12 bits per heavy atom. The van der Waals surface area contributed by atoms with Crippen LogP contribution >= 0.6 is 11.6 Å². The van der Waals surface area contributed by atoms with Gasteiger partial charge in [-0.05, 0) is 73.9 Å². The predicted molar refractivity (Wildman–Crippen MR) is 136 cm³/mol. The molecule has 0 amide bonds. The van der Waals surface area contributed by atoms with Gasteiger partial charge in [0, 0.05) is 29.9 Å². The van der Waals surface area contributed by atoms with Crippen LogP contribution in [0.2, 0.25) is 5.02 Å². The molecule has 174 valence electrons. The summed E-state index contributed by atoms with van der Waals surface area (Å²) in [7, 11) is 1.71. The minimum atomic E-state index is -0.946. The Bertz CT molecular complexity index is 1580. The van der Waals surface area contributed by atoms with Gasteiger partial charge in [0.25, 0.3) is 0 Å². The van der Waals surface area contributed by atoms with Gasteiger partial charge in [0.05, 0.1) is 40.0 Å². The third-order valence-electron chi connectivity index (χ3n) is 6.69. The highest BCUT2D eigenvalue weighted by atomic mass is 35.5. The molecule has 0 spiro atoms. The van der Waals surface area contributed by atoms with Crippen molar-refractivity contribution in [2.24, 2.45) is 0 Å². The van der Waals surface area contributed by atoms with Gasteiger partial charge >= 0.3 is 5.97 Å². The molecule has 2 aromatic heterocycles. The number of fused-ring (bicyclic) bond motifs is 4. The number of carboxylic acid groups (broad SMARTS) is 1. The average molecular weight is 476 g/mol. The molecule has 0 saturated carbocycles. The zero-order chi connectivity index (χ0) is 24.1. The minimum Gasteiger partial charge on any atom is -0.478 e. The van der Waals surface area contributed by atoms with Gasteiger partial charge in [0.2, 0.25) is 0 Å². The number of carbonyl (C=O) groups is 1. The van der Waals surface area contributed by atoms with Crippen molar-refractivity contribution in [2.45, 2.75) is 40.0 Å². The van der Waals surface area contributed by atoms with Crippen molar-refractivity contribution >= 4 is 50.4 Å². The van der Waals surface area contributed by atoms with Crippen LogP contribution in [0, 0.1) is 13.8 Å². The molecular formula is C27H26ClN3O3. The van der Waals surface area contributed by atoms with Crippen molar-refractivity contribution in [2.75, 3.05) is 7.11 Å². The summed E-state index contributed by atoms with van der Waals surface area (Å²) in [6, 6.07) is 14.1. The molecule has 1 atom stereocenters. The van der Waals surface area contributed by atoms with Crippen LogP contribution in [0.1, 0.15) is 40.1 Å². The Hall–Kier alpha value is -3.35. The van der Waals surface area contributed by atoms with E-state index < -0.39 is 5.97 Å². The van der Waals surface area contributed by atoms with E-state index in [-0.39, 0.29) is 11.7 Å². The fourth-order valence-electron chi connectivity index (χ4n) is 5.01. The molecule has 0 aliphatic rings. The summed E-state index contributed by atoms with van der Waals surface area (Å²) in [5.41, 5.74) is 6.91. The van der Waals surface area contributed by atoms with Gasteiger partial charge in [-0.25, -0.2) is 9.78 Å². The smallest absolute Gasteiger partial charge is 0.336 e. The van der Waals surface area contributed by atoms with E-state index >= 15 is 0 Å². The number of carboxylic acids is 1. The Morgan fingerprint density at radius 3 is 2.59 bits per heavy atom. The fraction of sp³-hybridized carbons (Fsp3) is 0.259. The van der Waals surface area contributed by atoms with Gasteiger partial charge in [-0.2, -0.15) is 0 Å². The number of aromatic carboxylic acids is 1. The van der Waals surface area contributed by atoms with Crippen molar-refractivity contribution in [3.63, 3.8) is 0 Å². The minimum absolute atomic E-state index is 0.207. The lowest BCUT2D eigenvalue weighted by atomic mass is 10.0. The van der Waals surface area contributed by atoms with E-state index in [2.05, 4.69) is 47.7 Å². The Labute approximate surface area is 202 Å². The Morgan fingerprint density at radius 2 is 1.88 bits per heavy atom. The summed E-state index contributed by atoms with van der Waals surface area (Å²) in [5.74, 6) is -0.946. The first-order valence-electron chi connectivity index (χ1n) is 11.3. The number of hydrogen-bond acceptors (Lipinski definition) is 3. The van der Waals surface area contributed by atoms with E-state index in [1.54, 1.807) is 26.4 Å². The van der Waals surface area contributed by atoms with Gasteiger partial charge in [0.15, 0.2) is 0 Å². The zero-order valence-corrected chi connectivity index (χ0v) is 20.3. The molecule has 34 heavy (non-hydrogen) atoms. The second-order valence-corrected chi connectivity index (χ2v) is 9.10. The van der Waals surface area contributed by atoms with Gasteiger partial charge < -0.3 is 19.0 Å². The molecule has 2 heterocycles. The molecule has 0 bridgehead atoms. The molecule has 0 fully saturated rings. The molecule has 1 N–H and O–H groups in total. The monoisotopic (exact) mass is 475 g/mol. The van der Waals surface area contributed by atoms with E-state index in [4.69, 9.17) is 16.3 Å². The summed E-state index contributed by atoms with van der Waals surface area (Å²) in [5, 5.41) is 12.5. The molecule has 7 heteroatoms. The summed E-state index contributed by atoms with van der Waals surface area (Å²) in [6.45, 7) is 7.36. The molecule has 0 aliphatic heterocycles. The van der Waals surface area contributed by atoms with Crippen LogP contribution in [0.15, 0.2) is 48.8 Å². The lowest BCUT2D eigenvalue weighted by Crippen LogP contribution is -2.11. The number of rotatable bonds is 6. The van der Waals surface area contributed by atoms with E-state index in [1.807, 2.05) is 16.7 Å². The van der Waals surface area contributed by atoms with Gasteiger partial charge in [0.1, 0.15) is 6.10 Å². The van der Waals surface area contributed by atoms with E-state index in [9.17, 15) is 9.90 Å². The second-order valence-electron chi connectivity index (χ2n) is 8.70. The van der Waals surface area contributed by atoms with Crippen LogP contribution in [0.3, 0.4) is 0 Å². The summed E-state index contributed by atoms with van der Waals surface area (Å²) < 4.78 is 10.2. The summed E-state index contributed by atoms with van der Waals surface area (Å²) in [6.07, 6.45) is 1.54. The molecular weight excluding hydrogens is 450 g/mol. The lowest BCUT2D eigenvalue weighted by molar-refractivity contribution is 0.0696. The topological polar surface area (TPSA) is 69.3 Å². The normalized spacial score (nSPS) is 12.7. The standard InChI is InChI=1S/C27H26ClN3O3/c1-5-31-22-8-6-17(12-19(22)20-10-15(2)11-21(28)26(20)31)24(34-4)13-30-14-29-25-16(3)18(27(32)33)7-9-23(25)30/h6-12,14,24H,5,13H2,1-4H3,(H,32,33). The van der Waals surface area contributed by atoms with Crippen LogP contribution in [0.4, 0.5) is 0 Å². The number of aryl methyl sites for hydroxylation is 3. The molecule has 5 rings (SSSR count). The van der Waals surface area contributed by atoms with Gasteiger partial charge in [-0.15, -0.1) is 0 Å². The number of hydrogen-bond donors (Lipinski definition) is 1. The number of nitrogens with zero attached hydrogens (tertiary/aromatic N) is 3. The number of benzene rings is 3. The van der Waals surface area contributed by atoms with Crippen molar-refractivity contribution in [1.82, 2.24) is 14.1 Å². The van der Waals surface area contributed by atoms with Crippen molar-refractivity contribution in [3.05, 3.63) is 76.1 Å². The molecule has 5 aromatic rings. The first-order valence-corrected chi connectivity index (χ1v) is 11.6. The largest absolute Gasteiger partial charge is 0.478 e. The number of aromatic nitrogens is 3. The second kappa shape index (κ2) is 8.46. The van der Waals surface area contributed by atoms with E-state index in [0.717, 1.165) is 50.0 Å². The maximum Gasteiger partial charge on any atom is 0.336 e. The fourth-order valence-corrected chi connectivity index (χ4v) is 5.39. The van der Waals surface area contributed by atoms with Crippen molar-refractivity contribution in [3.8, 4) is 0 Å². The van der Waals surface area contributed by atoms with Crippen LogP contribution in [0.25, 0.3) is 32.8 Å². The van der Waals surface area contributed by atoms with Crippen LogP contribution in [-0.4, -0.2) is 32.3 Å². The first-order chi connectivity index (χ1) is 16.3. The van der Waals surface area contributed by atoms with Crippen LogP contribution in [-0.2, 0) is 17.8 Å². The summed E-state index contributed by atoms with van der Waals surface area (Å²) in [4.78, 5) is 16.0. The molecule has 0 saturated heterocycles. The highest BCUT2D eigenvalue weighted by molar-refractivity contribution is 6.36. The molecule has 0 radical (unpaired) electrons. The number of halogens is 1. The number of ether oxygens (including phenoxy) is 1. The predicted octanol–water partition coefficient (Wildman–Crippen LogP) is 6.52. The Balaban J connectivity index is 1.59. The SMILES string of the molecule is CCn1c2ccc(C(Cn3cnc4c(C)c(C(=O)O)ccc43)OC)cc2c2cc(C)cc(Cl)c21. The summed E-state index contributed by atoms with van der Waals surface area (Å²) >= 11 is 6.65. The van der Waals surface area contributed by atoms with Crippen LogP contribution in [0.5, 0.6) is 0 Å². The number of methoxy groups -OCH3 is 1. The molecule has 1 unspecified atom stereocenters.